The first-order valence-electron chi connectivity index (χ1n) is 7.10. The van der Waals surface area contributed by atoms with E-state index in [0.29, 0.717) is 0 Å². The summed E-state index contributed by atoms with van der Waals surface area (Å²) in [6, 6.07) is 7.31. The zero-order valence-corrected chi connectivity index (χ0v) is 13.4. The largest absolute Gasteiger partial charge is 0.487 e. The number of ether oxygens (including phenoxy) is 1. The van der Waals surface area contributed by atoms with Gasteiger partial charge >= 0.3 is 0 Å². The van der Waals surface area contributed by atoms with Crippen LogP contribution < -0.4 is 9.64 Å². The van der Waals surface area contributed by atoms with Gasteiger partial charge < -0.3 is 9.64 Å². The molecule has 0 unspecified atom stereocenters. The zero-order valence-electron chi connectivity index (χ0n) is 11.8. The summed E-state index contributed by atoms with van der Waals surface area (Å²) in [6.45, 7) is 1.59. The van der Waals surface area contributed by atoms with E-state index in [9.17, 15) is 8.78 Å². The highest BCUT2D eigenvalue weighted by Crippen LogP contribution is 2.25. The SMILES string of the molecule is Fc1ccc(OC2CCN(c3ccc(Br)cn3)CC2)c(F)c1. The molecule has 0 atom stereocenters. The molecule has 0 radical (unpaired) electrons. The Balaban J connectivity index is 1.58. The Morgan fingerprint density at radius 2 is 1.91 bits per heavy atom. The summed E-state index contributed by atoms with van der Waals surface area (Å²) < 4.78 is 33.1. The summed E-state index contributed by atoms with van der Waals surface area (Å²) in [5.41, 5.74) is 0. The number of pyridine rings is 1. The van der Waals surface area contributed by atoms with Crippen LogP contribution in [0.25, 0.3) is 0 Å². The summed E-state index contributed by atoms with van der Waals surface area (Å²) in [5.74, 6) is -0.214. The summed E-state index contributed by atoms with van der Waals surface area (Å²) in [6.07, 6.45) is 3.25. The fraction of sp³-hybridized carbons (Fsp3) is 0.312. The van der Waals surface area contributed by atoms with Crippen molar-refractivity contribution in [1.82, 2.24) is 4.98 Å². The van der Waals surface area contributed by atoms with Gasteiger partial charge in [0.25, 0.3) is 0 Å². The summed E-state index contributed by atoms with van der Waals surface area (Å²) in [4.78, 5) is 6.55. The van der Waals surface area contributed by atoms with Crippen molar-refractivity contribution >= 4 is 21.7 Å². The Morgan fingerprint density at radius 3 is 2.55 bits per heavy atom. The standard InChI is InChI=1S/C16H15BrF2N2O/c17-11-1-4-16(20-10-11)21-7-5-13(6-8-21)22-15-3-2-12(18)9-14(15)19/h1-4,9-10,13H,5-8H2. The lowest BCUT2D eigenvalue weighted by Crippen LogP contribution is -2.38. The number of aromatic nitrogens is 1. The lowest BCUT2D eigenvalue weighted by Gasteiger charge is -2.33. The summed E-state index contributed by atoms with van der Waals surface area (Å²) in [7, 11) is 0. The van der Waals surface area contributed by atoms with Crippen LogP contribution in [0.4, 0.5) is 14.6 Å². The molecule has 1 fully saturated rings. The molecule has 0 aliphatic carbocycles. The van der Waals surface area contributed by atoms with Crippen molar-refractivity contribution in [2.24, 2.45) is 0 Å². The fourth-order valence-corrected chi connectivity index (χ4v) is 2.74. The smallest absolute Gasteiger partial charge is 0.167 e. The van der Waals surface area contributed by atoms with E-state index in [0.717, 1.165) is 42.3 Å². The van der Waals surface area contributed by atoms with E-state index in [-0.39, 0.29) is 11.9 Å². The maximum absolute atomic E-state index is 13.6. The van der Waals surface area contributed by atoms with Crippen LogP contribution in [-0.2, 0) is 0 Å². The van der Waals surface area contributed by atoms with Gasteiger partial charge in [-0.25, -0.2) is 13.8 Å². The maximum Gasteiger partial charge on any atom is 0.167 e. The molecule has 0 bridgehead atoms. The van der Waals surface area contributed by atoms with Crippen LogP contribution in [0.3, 0.4) is 0 Å². The van der Waals surface area contributed by atoms with E-state index in [2.05, 4.69) is 25.8 Å². The van der Waals surface area contributed by atoms with Crippen molar-refractivity contribution in [2.75, 3.05) is 18.0 Å². The van der Waals surface area contributed by atoms with Gasteiger partial charge in [0, 0.05) is 42.7 Å². The second-order valence-electron chi connectivity index (χ2n) is 5.21. The number of halogens is 3. The van der Waals surface area contributed by atoms with Crippen LogP contribution in [0.2, 0.25) is 0 Å². The van der Waals surface area contributed by atoms with Crippen molar-refractivity contribution in [1.29, 1.82) is 0 Å². The third-order valence-corrected chi connectivity index (χ3v) is 4.13. The molecule has 6 heteroatoms. The van der Waals surface area contributed by atoms with E-state index < -0.39 is 11.6 Å². The Hall–Kier alpha value is -1.69. The van der Waals surface area contributed by atoms with Crippen molar-refractivity contribution in [3.05, 3.63) is 52.6 Å². The average Bonchev–Trinajstić information content (AvgIpc) is 2.52. The minimum atomic E-state index is -0.656. The molecule has 0 spiro atoms. The van der Waals surface area contributed by atoms with Gasteiger partial charge in [0.2, 0.25) is 0 Å². The van der Waals surface area contributed by atoms with Gasteiger partial charge in [-0.15, -0.1) is 0 Å². The van der Waals surface area contributed by atoms with E-state index in [4.69, 9.17) is 4.74 Å². The maximum atomic E-state index is 13.6. The average molecular weight is 369 g/mol. The Labute approximate surface area is 136 Å². The van der Waals surface area contributed by atoms with Crippen molar-refractivity contribution < 1.29 is 13.5 Å². The molecule has 3 nitrogen and oxygen atoms in total. The molecule has 2 aromatic rings. The zero-order chi connectivity index (χ0) is 15.5. The molecule has 1 saturated heterocycles. The van der Waals surface area contributed by atoms with Crippen LogP contribution >= 0.6 is 15.9 Å². The highest BCUT2D eigenvalue weighted by molar-refractivity contribution is 9.10. The number of rotatable bonds is 3. The van der Waals surface area contributed by atoms with Crippen LogP contribution in [0.1, 0.15) is 12.8 Å². The number of anilines is 1. The van der Waals surface area contributed by atoms with Gasteiger partial charge in [-0.05, 0) is 40.2 Å². The predicted molar refractivity (Wildman–Crippen MR) is 84.2 cm³/mol. The normalized spacial score (nSPS) is 15.9. The molecule has 1 aliphatic rings. The molecule has 0 amide bonds. The summed E-state index contributed by atoms with van der Waals surface area (Å²) >= 11 is 3.36. The Morgan fingerprint density at radius 1 is 1.14 bits per heavy atom. The molecule has 1 aromatic carbocycles. The van der Waals surface area contributed by atoms with Crippen LogP contribution in [-0.4, -0.2) is 24.2 Å². The minimum Gasteiger partial charge on any atom is -0.487 e. The van der Waals surface area contributed by atoms with Gasteiger partial charge in [0.05, 0.1) is 0 Å². The number of piperidine rings is 1. The molecule has 116 valence electrons. The molecule has 3 rings (SSSR count). The molecule has 0 N–H and O–H groups in total. The molecule has 22 heavy (non-hydrogen) atoms. The van der Waals surface area contributed by atoms with E-state index >= 15 is 0 Å². The first-order valence-corrected chi connectivity index (χ1v) is 7.89. The quantitative estimate of drug-likeness (QED) is 0.812. The van der Waals surface area contributed by atoms with Crippen molar-refractivity contribution in [3.63, 3.8) is 0 Å². The highest BCUT2D eigenvalue weighted by atomic mass is 79.9. The molecular formula is C16H15BrF2N2O. The third-order valence-electron chi connectivity index (χ3n) is 3.67. The number of hydrogen-bond donors (Lipinski definition) is 0. The van der Waals surface area contributed by atoms with Gasteiger partial charge in [0.15, 0.2) is 11.6 Å². The van der Waals surface area contributed by atoms with Crippen LogP contribution in [0, 0.1) is 11.6 Å². The van der Waals surface area contributed by atoms with Gasteiger partial charge in [-0.2, -0.15) is 0 Å². The third kappa shape index (κ3) is 3.55. The van der Waals surface area contributed by atoms with E-state index in [1.165, 1.54) is 12.1 Å². The lowest BCUT2D eigenvalue weighted by atomic mass is 10.1. The minimum absolute atomic E-state index is 0.0633. The number of hydrogen-bond acceptors (Lipinski definition) is 3. The summed E-state index contributed by atoms with van der Waals surface area (Å²) in [5, 5.41) is 0. The molecular weight excluding hydrogens is 354 g/mol. The first-order chi connectivity index (χ1) is 10.6. The topological polar surface area (TPSA) is 25.4 Å². The number of benzene rings is 1. The van der Waals surface area contributed by atoms with Gasteiger partial charge in [-0.1, -0.05) is 0 Å². The first kappa shape index (κ1) is 15.2. The second kappa shape index (κ2) is 6.60. The Bertz CT molecular complexity index is 643. The van der Waals surface area contributed by atoms with Crippen LogP contribution in [0.5, 0.6) is 5.75 Å². The molecule has 2 heterocycles. The van der Waals surface area contributed by atoms with Crippen molar-refractivity contribution in [3.8, 4) is 5.75 Å². The van der Waals surface area contributed by atoms with E-state index in [1.54, 1.807) is 6.20 Å². The van der Waals surface area contributed by atoms with Gasteiger partial charge in [-0.3, -0.25) is 0 Å². The second-order valence-corrected chi connectivity index (χ2v) is 6.13. The fourth-order valence-electron chi connectivity index (χ4n) is 2.51. The molecule has 1 aromatic heterocycles. The molecule has 1 aliphatic heterocycles. The lowest BCUT2D eigenvalue weighted by molar-refractivity contribution is 0.163. The predicted octanol–water partition coefficient (Wildman–Crippen LogP) is 4.17. The van der Waals surface area contributed by atoms with E-state index in [1.807, 2.05) is 12.1 Å². The van der Waals surface area contributed by atoms with Gasteiger partial charge in [0.1, 0.15) is 17.7 Å². The molecule has 0 saturated carbocycles. The number of nitrogens with zero attached hydrogens (tertiary/aromatic N) is 2. The Kier molecular flexibility index (Phi) is 4.57. The van der Waals surface area contributed by atoms with Crippen LogP contribution in [0.15, 0.2) is 41.0 Å². The monoisotopic (exact) mass is 368 g/mol. The highest BCUT2D eigenvalue weighted by Gasteiger charge is 2.22. The van der Waals surface area contributed by atoms with Crippen molar-refractivity contribution in [2.45, 2.75) is 18.9 Å².